The van der Waals surface area contributed by atoms with Crippen molar-refractivity contribution in [2.75, 3.05) is 19.6 Å². The molecule has 0 unspecified atom stereocenters. The number of rotatable bonds is 4. The quantitative estimate of drug-likeness (QED) is 0.891. The van der Waals surface area contributed by atoms with Gasteiger partial charge in [0, 0.05) is 19.6 Å². The van der Waals surface area contributed by atoms with Crippen molar-refractivity contribution in [3.05, 3.63) is 39.9 Å². The van der Waals surface area contributed by atoms with Crippen molar-refractivity contribution in [1.29, 1.82) is 0 Å². The Morgan fingerprint density at radius 1 is 1.23 bits per heavy atom. The van der Waals surface area contributed by atoms with E-state index in [1.165, 1.54) is 16.8 Å². The molecule has 138 valence electrons. The largest absolute Gasteiger partial charge is 0.341 e. The molecule has 7 nitrogen and oxygen atoms in total. The molecule has 1 aliphatic rings. The number of carbonyl (C=O) groups is 2. The van der Waals surface area contributed by atoms with E-state index in [1.54, 1.807) is 4.90 Å². The molecule has 0 radical (unpaired) electrons. The first kappa shape index (κ1) is 18.0. The summed E-state index contributed by atoms with van der Waals surface area (Å²) in [5, 5.41) is 6.64. The number of amides is 2. The SMILES string of the molecule is CCn1nc(C(=O)NCC(=O)N2CCCCC2)c(=O)c2cc(F)ccc21. The molecule has 2 aromatic rings. The van der Waals surface area contributed by atoms with Gasteiger partial charge in [-0.2, -0.15) is 5.10 Å². The molecule has 1 saturated heterocycles. The van der Waals surface area contributed by atoms with Gasteiger partial charge in [-0.15, -0.1) is 0 Å². The summed E-state index contributed by atoms with van der Waals surface area (Å²) in [6.07, 6.45) is 3.02. The van der Waals surface area contributed by atoms with Crippen LogP contribution < -0.4 is 10.7 Å². The summed E-state index contributed by atoms with van der Waals surface area (Å²) in [6, 6.07) is 3.80. The van der Waals surface area contributed by atoms with E-state index in [1.807, 2.05) is 6.92 Å². The van der Waals surface area contributed by atoms with E-state index in [4.69, 9.17) is 0 Å². The maximum atomic E-state index is 13.5. The highest BCUT2D eigenvalue weighted by Gasteiger charge is 2.20. The standard InChI is InChI=1S/C18H21FN4O3/c1-2-23-14-7-6-12(19)10-13(14)17(25)16(21-23)18(26)20-11-15(24)22-8-4-3-5-9-22/h6-7,10H,2-5,8-9,11H2,1H3,(H,20,26). The van der Waals surface area contributed by atoms with E-state index < -0.39 is 17.2 Å². The Hall–Kier alpha value is -2.77. The smallest absolute Gasteiger partial charge is 0.276 e. The lowest BCUT2D eigenvalue weighted by atomic mass is 10.1. The van der Waals surface area contributed by atoms with E-state index in [2.05, 4.69) is 10.4 Å². The molecule has 0 aliphatic carbocycles. The number of benzene rings is 1. The molecule has 1 fully saturated rings. The summed E-state index contributed by atoms with van der Waals surface area (Å²) in [7, 11) is 0. The van der Waals surface area contributed by atoms with E-state index in [0.717, 1.165) is 25.3 Å². The summed E-state index contributed by atoms with van der Waals surface area (Å²) < 4.78 is 15.0. The van der Waals surface area contributed by atoms with Crippen LogP contribution in [0.3, 0.4) is 0 Å². The van der Waals surface area contributed by atoms with Crippen LogP contribution in [0.1, 0.15) is 36.7 Å². The fraction of sp³-hybridized carbons (Fsp3) is 0.444. The van der Waals surface area contributed by atoms with Gasteiger partial charge < -0.3 is 10.2 Å². The molecule has 8 heteroatoms. The summed E-state index contributed by atoms with van der Waals surface area (Å²) in [5.74, 6) is -1.47. The van der Waals surface area contributed by atoms with Crippen LogP contribution in [0.2, 0.25) is 0 Å². The van der Waals surface area contributed by atoms with Crippen LogP contribution in [-0.4, -0.2) is 46.1 Å². The molecule has 3 rings (SSSR count). The van der Waals surface area contributed by atoms with Crippen LogP contribution >= 0.6 is 0 Å². The lowest BCUT2D eigenvalue weighted by molar-refractivity contribution is -0.130. The maximum Gasteiger partial charge on any atom is 0.276 e. The van der Waals surface area contributed by atoms with E-state index in [0.29, 0.717) is 25.2 Å². The predicted molar refractivity (Wildman–Crippen MR) is 94.4 cm³/mol. The first-order valence-corrected chi connectivity index (χ1v) is 8.77. The molecule has 0 bridgehead atoms. The van der Waals surface area contributed by atoms with Crippen molar-refractivity contribution in [1.82, 2.24) is 20.0 Å². The van der Waals surface area contributed by atoms with Gasteiger partial charge in [-0.25, -0.2) is 4.39 Å². The number of fused-ring (bicyclic) bond motifs is 1. The van der Waals surface area contributed by atoms with Gasteiger partial charge in [0.05, 0.1) is 17.4 Å². The van der Waals surface area contributed by atoms with Crippen molar-refractivity contribution in [3.8, 4) is 0 Å². The normalized spacial score (nSPS) is 14.5. The van der Waals surface area contributed by atoms with Crippen LogP contribution in [0.25, 0.3) is 10.9 Å². The van der Waals surface area contributed by atoms with E-state index in [9.17, 15) is 18.8 Å². The number of nitrogens with one attached hydrogen (secondary N) is 1. The highest BCUT2D eigenvalue weighted by atomic mass is 19.1. The lowest BCUT2D eigenvalue weighted by Crippen LogP contribution is -2.43. The minimum absolute atomic E-state index is 0.0920. The first-order chi connectivity index (χ1) is 12.5. The number of likely N-dealkylation sites (tertiary alicyclic amines) is 1. The van der Waals surface area contributed by atoms with Gasteiger partial charge in [0.15, 0.2) is 5.69 Å². The number of carbonyl (C=O) groups excluding carboxylic acids is 2. The predicted octanol–water partition coefficient (Wildman–Crippen LogP) is 1.30. The number of halogens is 1. The van der Waals surface area contributed by atoms with Crippen LogP contribution in [0.15, 0.2) is 23.0 Å². The van der Waals surface area contributed by atoms with Crippen LogP contribution in [-0.2, 0) is 11.3 Å². The average Bonchev–Trinajstić information content (AvgIpc) is 2.67. The molecule has 1 aliphatic heterocycles. The summed E-state index contributed by atoms with van der Waals surface area (Å²) >= 11 is 0. The fourth-order valence-electron chi connectivity index (χ4n) is 3.15. The molecule has 1 aromatic carbocycles. The van der Waals surface area contributed by atoms with Crippen molar-refractivity contribution >= 4 is 22.7 Å². The zero-order valence-electron chi connectivity index (χ0n) is 14.6. The first-order valence-electron chi connectivity index (χ1n) is 8.77. The van der Waals surface area contributed by atoms with Gasteiger partial charge in [-0.3, -0.25) is 19.1 Å². The lowest BCUT2D eigenvalue weighted by Gasteiger charge is -2.26. The molecule has 2 amide bonds. The van der Waals surface area contributed by atoms with E-state index in [-0.39, 0.29) is 23.5 Å². The van der Waals surface area contributed by atoms with Gasteiger partial charge in [-0.05, 0) is 44.4 Å². The number of piperidine rings is 1. The number of aryl methyl sites for hydroxylation is 1. The fourth-order valence-corrected chi connectivity index (χ4v) is 3.15. The zero-order chi connectivity index (χ0) is 18.7. The molecule has 0 saturated carbocycles. The third-order valence-electron chi connectivity index (χ3n) is 4.54. The Bertz CT molecular complexity index is 903. The van der Waals surface area contributed by atoms with Crippen molar-refractivity contribution in [2.24, 2.45) is 0 Å². The van der Waals surface area contributed by atoms with E-state index >= 15 is 0 Å². The topological polar surface area (TPSA) is 84.3 Å². The molecule has 26 heavy (non-hydrogen) atoms. The number of aromatic nitrogens is 2. The Labute approximate surface area is 149 Å². The summed E-state index contributed by atoms with van der Waals surface area (Å²) in [5.41, 5.74) is -0.525. The monoisotopic (exact) mass is 360 g/mol. The highest BCUT2D eigenvalue weighted by Crippen LogP contribution is 2.12. The minimum Gasteiger partial charge on any atom is -0.341 e. The Morgan fingerprint density at radius 3 is 2.65 bits per heavy atom. The van der Waals surface area contributed by atoms with Gasteiger partial charge >= 0.3 is 0 Å². The summed E-state index contributed by atoms with van der Waals surface area (Å²) in [6.45, 7) is 3.40. The van der Waals surface area contributed by atoms with Gasteiger partial charge in [0.25, 0.3) is 5.91 Å². The molecule has 1 aromatic heterocycles. The second kappa shape index (κ2) is 7.63. The molecule has 0 spiro atoms. The third kappa shape index (κ3) is 3.58. The number of nitrogens with zero attached hydrogens (tertiary/aromatic N) is 3. The van der Waals surface area contributed by atoms with Gasteiger partial charge in [0.1, 0.15) is 5.82 Å². The van der Waals surface area contributed by atoms with Crippen molar-refractivity contribution < 1.29 is 14.0 Å². The average molecular weight is 360 g/mol. The van der Waals surface area contributed by atoms with Gasteiger partial charge in [-0.1, -0.05) is 0 Å². The Balaban J connectivity index is 1.82. The zero-order valence-corrected chi connectivity index (χ0v) is 14.6. The Morgan fingerprint density at radius 2 is 1.96 bits per heavy atom. The van der Waals surface area contributed by atoms with Gasteiger partial charge in [0.2, 0.25) is 11.3 Å². The second-order valence-electron chi connectivity index (χ2n) is 6.28. The minimum atomic E-state index is -0.728. The molecule has 2 heterocycles. The summed E-state index contributed by atoms with van der Waals surface area (Å²) in [4.78, 5) is 38.8. The molecular weight excluding hydrogens is 339 g/mol. The number of hydrogen-bond donors (Lipinski definition) is 1. The molecule has 0 atom stereocenters. The third-order valence-corrected chi connectivity index (χ3v) is 4.54. The van der Waals surface area contributed by atoms with Crippen LogP contribution in [0.4, 0.5) is 4.39 Å². The highest BCUT2D eigenvalue weighted by molar-refractivity contribution is 5.97. The Kier molecular flexibility index (Phi) is 5.29. The van der Waals surface area contributed by atoms with Crippen LogP contribution in [0, 0.1) is 5.82 Å². The van der Waals surface area contributed by atoms with Crippen LogP contribution in [0.5, 0.6) is 0 Å². The second-order valence-corrected chi connectivity index (χ2v) is 6.28. The number of hydrogen-bond acceptors (Lipinski definition) is 4. The van der Waals surface area contributed by atoms with Crippen molar-refractivity contribution in [3.63, 3.8) is 0 Å². The van der Waals surface area contributed by atoms with Crippen molar-refractivity contribution in [2.45, 2.75) is 32.7 Å². The molecular formula is C18H21FN4O3. The molecule has 1 N–H and O–H groups in total. The maximum absolute atomic E-state index is 13.5.